The van der Waals surface area contributed by atoms with Gasteiger partial charge in [0.2, 0.25) is 0 Å². The number of rotatable bonds is 3. The van der Waals surface area contributed by atoms with Gasteiger partial charge in [-0.1, -0.05) is 30.9 Å². The highest BCUT2D eigenvalue weighted by atomic mass is 79.9. The third-order valence-corrected chi connectivity index (χ3v) is 4.24. The number of hydrogen-bond acceptors (Lipinski definition) is 1. The van der Waals surface area contributed by atoms with E-state index in [2.05, 4.69) is 21.2 Å². The van der Waals surface area contributed by atoms with Crippen LogP contribution in [0.25, 0.3) is 0 Å². The molecular formula is C13H16BrClFN. The molecule has 0 heterocycles. The van der Waals surface area contributed by atoms with Crippen LogP contribution in [0.1, 0.15) is 37.7 Å². The number of halogens is 3. The van der Waals surface area contributed by atoms with Crippen LogP contribution in [-0.4, -0.2) is 6.04 Å². The predicted octanol–water partition coefficient (Wildman–Crippen LogP) is 4.66. The van der Waals surface area contributed by atoms with Crippen LogP contribution in [0.3, 0.4) is 0 Å². The van der Waals surface area contributed by atoms with Gasteiger partial charge in [-0.25, -0.2) is 4.39 Å². The van der Waals surface area contributed by atoms with Gasteiger partial charge in [0, 0.05) is 17.6 Å². The first-order valence-electron chi connectivity index (χ1n) is 6.03. The lowest BCUT2D eigenvalue weighted by Gasteiger charge is -2.23. The fourth-order valence-electron chi connectivity index (χ4n) is 2.26. The van der Waals surface area contributed by atoms with Crippen LogP contribution in [0.2, 0.25) is 5.02 Å². The summed E-state index contributed by atoms with van der Waals surface area (Å²) in [5.74, 6) is -0.255. The molecule has 1 aromatic rings. The first-order valence-corrected chi connectivity index (χ1v) is 7.20. The molecule has 1 aliphatic rings. The van der Waals surface area contributed by atoms with E-state index in [9.17, 15) is 4.39 Å². The largest absolute Gasteiger partial charge is 0.310 e. The Bertz CT molecular complexity index is 391. The number of hydrogen-bond donors (Lipinski definition) is 1. The van der Waals surface area contributed by atoms with E-state index >= 15 is 0 Å². The molecule has 0 spiro atoms. The van der Waals surface area contributed by atoms with Crippen molar-refractivity contribution in [2.24, 2.45) is 0 Å². The average molecular weight is 321 g/mol. The molecule has 0 unspecified atom stereocenters. The zero-order chi connectivity index (χ0) is 12.3. The van der Waals surface area contributed by atoms with Crippen molar-refractivity contribution in [3.8, 4) is 0 Å². The maximum Gasteiger partial charge on any atom is 0.137 e. The topological polar surface area (TPSA) is 12.0 Å². The molecule has 1 aliphatic carbocycles. The Hall–Kier alpha value is -0.120. The van der Waals surface area contributed by atoms with Gasteiger partial charge in [-0.3, -0.25) is 0 Å². The minimum Gasteiger partial charge on any atom is -0.310 e. The number of benzene rings is 1. The van der Waals surface area contributed by atoms with E-state index < -0.39 is 0 Å². The highest BCUT2D eigenvalue weighted by Gasteiger charge is 2.13. The Morgan fingerprint density at radius 3 is 2.71 bits per heavy atom. The van der Waals surface area contributed by atoms with E-state index in [1.165, 1.54) is 38.2 Å². The van der Waals surface area contributed by atoms with Gasteiger partial charge >= 0.3 is 0 Å². The third kappa shape index (κ3) is 3.67. The Kier molecular flexibility index (Phi) is 4.83. The smallest absolute Gasteiger partial charge is 0.137 e. The van der Waals surface area contributed by atoms with E-state index in [1.54, 1.807) is 6.07 Å². The zero-order valence-corrected chi connectivity index (χ0v) is 12.0. The molecule has 0 saturated heterocycles. The van der Waals surface area contributed by atoms with Gasteiger partial charge in [-0.15, -0.1) is 0 Å². The molecule has 2 rings (SSSR count). The lowest BCUT2D eigenvalue weighted by Crippen LogP contribution is -2.30. The molecule has 1 N–H and O–H groups in total. The second-order valence-corrected chi connectivity index (χ2v) is 5.84. The first-order chi connectivity index (χ1) is 8.16. The lowest BCUT2D eigenvalue weighted by atomic mass is 9.95. The fraction of sp³-hybridized carbons (Fsp3) is 0.538. The van der Waals surface area contributed by atoms with Crippen molar-refractivity contribution in [2.45, 2.75) is 44.7 Å². The van der Waals surface area contributed by atoms with Crippen molar-refractivity contribution in [2.75, 3.05) is 0 Å². The average Bonchev–Trinajstić information content (AvgIpc) is 2.33. The molecule has 0 aromatic heterocycles. The van der Waals surface area contributed by atoms with Gasteiger partial charge < -0.3 is 5.32 Å². The summed E-state index contributed by atoms with van der Waals surface area (Å²) in [5.41, 5.74) is 0.831. The van der Waals surface area contributed by atoms with Crippen LogP contribution in [0.15, 0.2) is 16.6 Å². The minimum absolute atomic E-state index is 0.255. The summed E-state index contributed by atoms with van der Waals surface area (Å²) in [7, 11) is 0. The molecule has 1 fully saturated rings. The Morgan fingerprint density at radius 1 is 1.29 bits per heavy atom. The molecule has 0 aliphatic heterocycles. The van der Waals surface area contributed by atoms with E-state index in [4.69, 9.17) is 11.6 Å². The Balaban J connectivity index is 1.96. The van der Waals surface area contributed by atoms with Crippen molar-refractivity contribution >= 4 is 27.5 Å². The first kappa shape index (κ1) is 13.3. The quantitative estimate of drug-likeness (QED) is 0.798. The van der Waals surface area contributed by atoms with Gasteiger partial charge in [-0.05, 0) is 46.5 Å². The lowest BCUT2D eigenvalue weighted by molar-refractivity contribution is 0.372. The summed E-state index contributed by atoms with van der Waals surface area (Å²) in [6.07, 6.45) is 6.36. The monoisotopic (exact) mass is 319 g/mol. The van der Waals surface area contributed by atoms with Crippen LogP contribution < -0.4 is 5.32 Å². The molecule has 1 saturated carbocycles. The third-order valence-electron chi connectivity index (χ3n) is 3.28. The second-order valence-electron chi connectivity index (χ2n) is 4.57. The van der Waals surface area contributed by atoms with Crippen LogP contribution in [0.4, 0.5) is 4.39 Å². The molecular weight excluding hydrogens is 305 g/mol. The van der Waals surface area contributed by atoms with Crippen molar-refractivity contribution in [1.29, 1.82) is 0 Å². The summed E-state index contributed by atoms with van der Waals surface area (Å²) in [4.78, 5) is 0. The summed E-state index contributed by atoms with van der Waals surface area (Å²) in [5, 5.41) is 4.07. The molecule has 4 heteroatoms. The molecule has 1 aromatic carbocycles. The summed E-state index contributed by atoms with van der Waals surface area (Å²) in [6, 6.07) is 3.68. The molecule has 0 bridgehead atoms. The van der Waals surface area contributed by atoms with Gasteiger partial charge in [0.15, 0.2) is 0 Å². The summed E-state index contributed by atoms with van der Waals surface area (Å²) < 4.78 is 13.8. The van der Waals surface area contributed by atoms with Gasteiger partial charge in [0.1, 0.15) is 5.82 Å². The van der Waals surface area contributed by atoms with Crippen LogP contribution in [0.5, 0.6) is 0 Å². The SMILES string of the molecule is Fc1cc(CNC2CCCCC2)c(Cl)cc1Br. The Morgan fingerprint density at radius 2 is 2.00 bits per heavy atom. The summed E-state index contributed by atoms with van der Waals surface area (Å²) >= 11 is 9.21. The van der Waals surface area contributed by atoms with Gasteiger partial charge in [0.05, 0.1) is 4.47 Å². The molecule has 94 valence electrons. The fourth-order valence-corrected chi connectivity index (χ4v) is 2.97. The highest BCUT2D eigenvalue weighted by Crippen LogP contribution is 2.25. The van der Waals surface area contributed by atoms with Crippen molar-refractivity contribution in [1.82, 2.24) is 5.32 Å². The van der Waals surface area contributed by atoms with Crippen molar-refractivity contribution < 1.29 is 4.39 Å². The van der Waals surface area contributed by atoms with E-state index in [1.807, 2.05) is 0 Å². The summed E-state index contributed by atoms with van der Waals surface area (Å²) in [6.45, 7) is 0.647. The Labute approximate surface area is 115 Å². The molecule has 1 nitrogen and oxygen atoms in total. The normalized spacial score (nSPS) is 17.4. The highest BCUT2D eigenvalue weighted by molar-refractivity contribution is 9.10. The predicted molar refractivity (Wildman–Crippen MR) is 72.8 cm³/mol. The van der Waals surface area contributed by atoms with Crippen molar-refractivity contribution in [3.63, 3.8) is 0 Å². The van der Waals surface area contributed by atoms with E-state index in [0.29, 0.717) is 22.1 Å². The van der Waals surface area contributed by atoms with E-state index in [-0.39, 0.29) is 5.82 Å². The zero-order valence-electron chi connectivity index (χ0n) is 9.61. The standard InChI is InChI=1S/C13H16BrClFN/c14-11-7-12(15)9(6-13(11)16)8-17-10-4-2-1-3-5-10/h6-7,10,17H,1-5,8H2. The van der Waals surface area contributed by atoms with Crippen molar-refractivity contribution in [3.05, 3.63) is 33.0 Å². The minimum atomic E-state index is -0.255. The van der Waals surface area contributed by atoms with Crippen LogP contribution in [0, 0.1) is 5.82 Å². The maximum atomic E-state index is 13.4. The number of nitrogens with one attached hydrogen (secondary N) is 1. The van der Waals surface area contributed by atoms with E-state index in [0.717, 1.165) is 5.56 Å². The molecule has 0 atom stereocenters. The maximum absolute atomic E-state index is 13.4. The molecule has 0 amide bonds. The van der Waals surface area contributed by atoms with Crippen LogP contribution in [-0.2, 0) is 6.54 Å². The molecule has 0 radical (unpaired) electrons. The van der Waals surface area contributed by atoms with Gasteiger partial charge in [0.25, 0.3) is 0 Å². The molecule has 17 heavy (non-hydrogen) atoms. The van der Waals surface area contributed by atoms with Crippen LogP contribution >= 0.6 is 27.5 Å². The second kappa shape index (κ2) is 6.17. The van der Waals surface area contributed by atoms with Gasteiger partial charge in [-0.2, -0.15) is 0 Å².